The molecule has 1 atom stereocenters. The average Bonchev–Trinajstić information content (AvgIpc) is 2.95. The van der Waals surface area contributed by atoms with Gasteiger partial charge in [0.05, 0.1) is 5.69 Å². The molecule has 0 bridgehead atoms. The van der Waals surface area contributed by atoms with E-state index in [4.69, 9.17) is 0 Å². The van der Waals surface area contributed by atoms with Crippen LogP contribution >= 0.6 is 15.9 Å². The van der Waals surface area contributed by atoms with Crippen molar-refractivity contribution in [2.75, 3.05) is 31.5 Å². The first-order valence-corrected chi connectivity index (χ1v) is 15.4. The SMILES string of the molecule is CCCCNC(=O)[C@@H](Cc1ccccc1)N(Cc1ccc(Br)cc1)C(=O)CN(c1ccccc1)S(=O)(=O)N(C)C. The number of unbranched alkanes of at least 4 members (excludes halogenated alkanes) is 1. The number of anilines is 1. The Bertz CT molecular complexity index is 1340. The van der Waals surface area contributed by atoms with Crippen LogP contribution in [-0.2, 0) is 32.8 Å². The number of halogens is 1. The van der Waals surface area contributed by atoms with Gasteiger partial charge in [0.15, 0.2) is 0 Å². The molecule has 0 fully saturated rings. The van der Waals surface area contributed by atoms with E-state index < -0.39 is 28.7 Å². The molecule has 0 saturated carbocycles. The molecule has 8 nitrogen and oxygen atoms in total. The smallest absolute Gasteiger partial charge is 0.304 e. The van der Waals surface area contributed by atoms with Gasteiger partial charge < -0.3 is 10.2 Å². The number of hydrogen-bond acceptors (Lipinski definition) is 4. The summed E-state index contributed by atoms with van der Waals surface area (Å²) in [4.78, 5) is 29.3. The molecule has 0 aromatic heterocycles. The van der Waals surface area contributed by atoms with E-state index in [0.29, 0.717) is 12.2 Å². The lowest BCUT2D eigenvalue weighted by atomic mass is 10.0. The van der Waals surface area contributed by atoms with Crippen molar-refractivity contribution < 1.29 is 18.0 Å². The van der Waals surface area contributed by atoms with Crippen molar-refractivity contribution >= 4 is 43.6 Å². The van der Waals surface area contributed by atoms with Gasteiger partial charge >= 0.3 is 10.2 Å². The second-order valence-corrected chi connectivity index (χ2v) is 12.6. The normalized spacial score (nSPS) is 12.1. The molecular formula is C30H37BrN4O4S. The van der Waals surface area contributed by atoms with Gasteiger partial charge in [-0.2, -0.15) is 12.7 Å². The fraction of sp³-hybridized carbons (Fsp3) is 0.333. The molecule has 0 heterocycles. The molecule has 40 heavy (non-hydrogen) atoms. The minimum Gasteiger partial charge on any atom is -0.354 e. The van der Waals surface area contributed by atoms with E-state index in [1.165, 1.54) is 19.0 Å². The summed E-state index contributed by atoms with van der Waals surface area (Å²) >= 11 is 3.44. The highest BCUT2D eigenvalue weighted by molar-refractivity contribution is 9.10. The number of amides is 2. The quantitative estimate of drug-likeness (QED) is 0.264. The van der Waals surface area contributed by atoms with E-state index in [1.807, 2.05) is 61.5 Å². The molecule has 2 amide bonds. The maximum atomic E-state index is 14.1. The molecule has 0 aliphatic heterocycles. The summed E-state index contributed by atoms with van der Waals surface area (Å²) in [6.07, 6.45) is 2.01. The minimum atomic E-state index is -4.01. The van der Waals surface area contributed by atoms with Crippen LogP contribution in [0, 0.1) is 0 Å². The third kappa shape index (κ3) is 8.64. The van der Waals surface area contributed by atoms with Gasteiger partial charge in [0.25, 0.3) is 0 Å². The molecule has 3 aromatic carbocycles. The molecule has 1 N–H and O–H groups in total. The molecule has 0 aliphatic carbocycles. The fourth-order valence-corrected chi connectivity index (χ4v) is 5.48. The summed E-state index contributed by atoms with van der Waals surface area (Å²) < 4.78 is 29.7. The lowest BCUT2D eigenvalue weighted by Crippen LogP contribution is -2.54. The first kappa shape index (κ1) is 31.3. The predicted octanol–water partition coefficient (Wildman–Crippen LogP) is 4.62. The summed E-state index contributed by atoms with van der Waals surface area (Å²) in [7, 11) is -1.16. The first-order chi connectivity index (χ1) is 19.1. The van der Waals surface area contributed by atoms with Gasteiger partial charge in [0.1, 0.15) is 12.6 Å². The Hall–Kier alpha value is -3.21. The average molecular weight is 630 g/mol. The second-order valence-electron chi connectivity index (χ2n) is 9.63. The number of benzene rings is 3. The van der Waals surface area contributed by atoms with Gasteiger partial charge in [-0.15, -0.1) is 0 Å². The highest BCUT2D eigenvalue weighted by atomic mass is 79.9. The third-order valence-electron chi connectivity index (χ3n) is 6.43. The number of nitrogens with one attached hydrogen (secondary N) is 1. The lowest BCUT2D eigenvalue weighted by molar-refractivity contribution is -0.140. The molecular weight excluding hydrogens is 592 g/mol. The van der Waals surface area contributed by atoms with E-state index in [2.05, 4.69) is 21.2 Å². The highest BCUT2D eigenvalue weighted by Gasteiger charge is 2.34. The highest BCUT2D eigenvalue weighted by Crippen LogP contribution is 2.22. The fourth-order valence-electron chi connectivity index (χ4n) is 4.16. The van der Waals surface area contributed by atoms with E-state index >= 15 is 0 Å². The summed E-state index contributed by atoms with van der Waals surface area (Å²) in [5.41, 5.74) is 2.07. The minimum absolute atomic E-state index is 0.134. The van der Waals surface area contributed by atoms with Crippen LogP contribution in [0.25, 0.3) is 0 Å². The van der Waals surface area contributed by atoms with E-state index in [9.17, 15) is 18.0 Å². The maximum Gasteiger partial charge on any atom is 0.304 e. The summed E-state index contributed by atoms with van der Waals surface area (Å²) in [6, 6.07) is 24.7. The first-order valence-electron chi connectivity index (χ1n) is 13.2. The Balaban J connectivity index is 2.05. The monoisotopic (exact) mass is 628 g/mol. The predicted molar refractivity (Wildman–Crippen MR) is 163 cm³/mol. The molecule has 214 valence electrons. The Morgan fingerprint density at radius 3 is 2.05 bits per heavy atom. The molecule has 3 aromatic rings. The summed E-state index contributed by atoms with van der Waals surface area (Å²) in [5.74, 6) is -0.756. The lowest BCUT2D eigenvalue weighted by Gasteiger charge is -2.34. The number of nitrogens with zero attached hydrogens (tertiary/aromatic N) is 3. The third-order valence-corrected chi connectivity index (χ3v) is 8.78. The van der Waals surface area contributed by atoms with E-state index in [-0.39, 0.29) is 18.9 Å². The maximum absolute atomic E-state index is 14.1. The van der Waals surface area contributed by atoms with Gasteiger partial charge in [0, 0.05) is 38.1 Å². The Morgan fingerprint density at radius 2 is 1.48 bits per heavy atom. The molecule has 3 rings (SSSR count). The molecule has 0 radical (unpaired) electrons. The van der Waals surface area contributed by atoms with Gasteiger partial charge in [-0.1, -0.05) is 89.9 Å². The molecule has 0 aliphatic rings. The van der Waals surface area contributed by atoms with Gasteiger partial charge in [-0.3, -0.25) is 9.59 Å². The number of carbonyl (C=O) groups is 2. The second kappa shape index (κ2) is 15.0. The van der Waals surface area contributed by atoms with Crippen molar-refractivity contribution in [3.8, 4) is 0 Å². The summed E-state index contributed by atoms with van der Waals surface area (Å²) in [5, 5.41) is 2.99. The van der Waals surface area contributed by atoms with Crippen LogP contribution in [0.4, 0.5) is 5.69 Å². The Kier molecular flexibility index (Phi) is 11.7. The zero-order chi connectivity index (χ0) is 29.1. The number of para-hydroxylation sites is 1. The van der Waals surface area contributed by atoms with Crippen molar-refractivity contribution in [1.29, 1.82) is 0 Å². The Labute approximate surface area is 246 Å². The van der Waals surface area contributed by atoms with Crippen LogP contribution in [-0.4, -0.2) is 62.7 Å². The van der Waals surface area contributed by atoms with E-state index in [1.54, 1.807) is 30.3 Å². The molecule has 0 spiro atoms. The molecule has 0 unspecified atom stereocenters. The number of carbonyl (C=O) groups excluding carboxylic acids is 2. The van der Waals surface area contributed by atoms with Gasteiger partial charge in [-0.25, -0.2) is 4.31 Å². The van der Waals surface area contributed by atoms with Crippen LogP contribution in [0.15, 0.2) is 89.4 Å². The summed E-state index contributed by atoms with van der Waals surface area (Å²) in [6.45, 7) is 2.20. The van der Waals surface area contributed by atoms with Crippen LogP contribution in [0.2, 0.25) is 0 Å². The topological polar surface area (TPSA) is 90.0 Å². The van der Waals surface area contributed by atoms with Crippen molar-refractivity contribution in [3.05, 3.63) is 101 Å². The van der Waals surface area contributed by atoms with Crippen molar-refractivity contribution in [2.45, 2.75) is 38.8 Å². The van der Waals surface area contributed by atoms with Crippen LogP contribution in [0.3, 0.4) is 0 Å². The van der Waals surface area contributed by atoms with Crippen molar-refractivity contribution in [2.24, 2.45) is 0 Å². The zero-order valence-corrected chi connectivity index (χ0v) is 25.6. The Morgan fingerprint density at radius 1 is 0.875 bits per heavy atom. The molecule has 10 heteroatoms. The largest absolute Gasteiger partial charge is 0.354 e. The zero-order valence-electron chi connectivity index (χ0n) is 23.2. The van der Waals surface area contributed by atoms with E-state index in [0.717, 1.165) is 37.1 Å². The van der Waals surface area contributed by atoms with Crippen LogP contribution in [0.1, 0.15) is 30.9 Å². The standard InChI is InChI=1S/C30H37BrN4O4S/c1-4-5-20-32-30(37)28(21-24-12-8-6-9-13-24)34(22-25-16-18-26(31)19-17-25)29(36)23-35(40(38,39)33(2)3)27-14-10-7-11-15-27/h6-19,28H,4-5,20-23H2,1-3H3,(H,32,37)/t28-/m1/s1. The van der Waals surface area contributed by atoms with Gasteiger partial charge in [0.2, 0.25) is 11.8 Å². The molecule has 0 saturated heterocycles. The van der Waals surface area contributed by atoms with Crippen molar-refractivity contribution in [1.82, 2.24) is 14.5 Å². The van der Waals surface area contributed by atoms with Crippen LogP contribution < -0.4 is 9.62 Å². The van der Waals surface area contributed by atoms with Crippen molar-refractivity contribution in [3.63, 3.8) is 0 Å². The number of rotatable bonds is 14. The number of hydrogen-bond donors (Lipinski definition) is 1. The van der Waals surface area contributed by atoms with Gasteiger partial charge in [-0.05, 0) is 41.8 Å². The van der Waals surface area contributed by atoms with Crippen LogP contribution in [0.5, 0.6) is 0 Å².